The number of aromatic carboxylic acids is 1. The fraction of sp³-hybridized carbons (Fsp3) is 0.143. The number of hydrogen-bond donors (Lipinski definition) is 1. The Morgan fingerprint density at radius 1 is 1.38 bits per heavy atom. The van der Waals surface area contributed by atoms with Crippen LogP contribution in [0.2, 0.25) is 0 Å². The van der Waals surface area contributed by atoms with E-state index >= 15 is 0 Å². The quantitative estimate of drug-likeness (QED) is 0.669. The maximum Gasteiger partial charge on any atom is 0.342 e. The van der Waals surface area contributed by atoms with Crippen molar-refractivity contribution in [1.82, 2.24) is 4.98 Å². The van der Waals surface area contributed by atoms with Gasteiger partial charge in [-0.15, -0.1) is 0 Å². The summed E-state index contributed by atoms with van der Waals surface area (Å²) in [7, 11) is 1.76. The standard InChI is InChI=1S/C14H13N3O4/c1-16(9-10-4-2-3-7-15-10)11-5-6-12(14(18)19)13(8-11)17(20)21/h2-8H,9H2,1H3,(H,18,19). The number of hydrogen-bond acceptors (Lipinski definition) is 5. The molecule has 0 bridgehead atoms. The maximum atomic E-state index is 11.0. The van der Waals surface area contributed by atoms with Crippen molar-refractivity contribution < 1.29 is 14.8 Å². The molecule has 2 rings (SSSR count). The zero-order valence-corrected chi connectivity index (χ0v) is 11.3. The lowest BCUT2D eigenvalue weighted by Crippen LogP contribution is -2.17. The minimum atomic E-state index is -1.32. The van der Waals surface area contributed by atoms with E-state index in [0.717, 1.165) is 5.69 Å². The van der Waals surface area contributed by atoms with Crippen LogP contribution in [0.3, 0.4) is 0 Å². The van der Waals surface area contributed by atoms with E-state index in [1.165, 1.54) is 12.1 Å². The van der Waals surface area contributed by atoms with Gasteiger partial charge in [-0.05, 0) is 24.3 Å². The van der Waals surface area contributed by atoms with Crippen molar-refractivity contribution in [1.29, 1.82) is 0 Å². The SMILES string of the molecule is CN(Cc1ccccn1)c1ccc(C(=O)O)c([N+](=O)[O-])c1. The first-order valence-electron chi connectivity index (χ1n) is 6.12. The second kappa shape index (κ2) is 6.00. The molecule has 1 N–H and O–H groups in total. The van der Waals surface area contributed by atoms with Crippen LogP contribution in [0.1, 0.15) is 16.1 Å². The molecule has 108 valence electrons. The summed E-state index contributed by atoms with van der Waals surface area (Å²) in [4.78, 5) is 27.2. The summed E-state index contributed by atoms with van der Waals surface area (Å²) in [5.74, 6) is -1.32. The van der Waals surface area contributed by atoms with Crippen LogP contribution < -0.4 is 4.90 Å². The third-order valence-corrected chi connectivity index (χ3v) is 2.97. The van der Waals surface area contributed by atoms with Gasteiger partial charge >= 0.3 is 5.97 Å². The van der Waals surface area contributed by atoms with E-state index in [-0.39, 0.29) is 5.56 Å². The topological polar surface area (TPSA) is 96.6 Å². The van der Waals surface area contributed by atoms with Crippen molar-refractivity contribution in [3.8, 4) is 0 Å². The number of benzene rings is 1. The molecular weight excluding hydrogens is 274 g/mol. The average molecular weight is 287 g/mol. The molecule has 0 amide bonds. The molecule has 2 aromatic rings. The van der Waals surface area contributed by atoms with E-state index in [0.29, 0.717) is 12.2 Å². The largest absolute Gasteiger partial charge is 0.477 e. The van der Waals surface area contributed by atoms with Gasteiger partial charge in [0.05, 0.1) is 17.2 Å². The summed E-state index contributed by atoms with van der Waals surface area (Å²) in [6, 6.07) is 9.54. The summed E-state index contributed by atoms with van der Waals surface area (Å²) in [6.45, 7) is 0.463. The second-order valence-electron chi connectivity index (χ2n) is 4.44. The molecule has 7 heteroatoms. The number of pyridine rings is 1. The Labute approximate surface area is 120 Å². The summed E-state index contributed by atoms with van der Waals surface area (Å²) in [6.07, 6.45) is 1.67. The first-order chi connectivity index (χ1) is 9.99. The van der Waals surface area contributed by atoms with E-state index < -0.39 is 16.6 Å². The Kier molecular flexibility index (Phi) is 4.13. The van der Waals surface area contributed by atoms with Crippen LogP contribution in [0.15, 0.2) is 42.6 Å². The van der Waals surface area contributed by atoms with Gasteiger partial charge in [-0.25, -0.2) is 4.79 Å². The van der Waals surface area contributed by atoms with Gasteiger partial charge in [0.2, 0.25) is 0 Å². The normalized spacial score (nSPS) is 10.1. The monoisotopic (exact) mass is 287 g/mol. The average Bonchev–Trinajstić information content (AvgIpc) is 2.47. The maximum absolute atomic E-state index is 11.0. The highest BCUT2D eigenvalue weighted by molar-refractivity contribution is 5.93. The van der Waals surface area contributed by atoms with E-state index in [2.05, 4.69) is 4.98 Å². The van der Waals surface area contributed by atoms with Crippen LogP contribution in [0.5, 0.6) is 0 Å². The van der Waals surface area contributed by atoms with E-state index in [1.54, 1.807) is 30.3 Å². The third-order valence-electron chi connectivity index (χ3n) is 2.97. The molecule has 0 fully saturated rings. The van der Waals surface area contributed by atoms with Gasteiger partial charge in [0, 0.05) is 25.0 Å². The molecule has 7 nitrogen and oxygen atoms in total. The van der Waals surface area contributed by atoms with Gasteiger partial charge in [0.15, 0.2) is 0 Å². The lowest BCUT2D eigenvalue weighted by atomic mass is 10.1. The fourth-order valence-electron chi connectivity index (χ4n) is 1.92. The molecule has 1 aromatic carbocycles. The third kappa shape index (κ3) is 3.33. The van der Waals surface area contributed by atoms with Gasteiger partial charge in [-0.1, -0.05) is 6.07 Å². The highest BCUT2D eigenvalue weighted by Crippen LogP contribution is 2.25. The van der Waals surface area contributed by atoms with E-state index in [1.807, 2.05) is 12.1 Å². The fourth-order valence-corrected chi connectivity index (χ4v) is 1.92. The minimum absolute atomic E-state index is 0.324. The Morgan fingerprint density at radius 3 is 2.71 bits per heavy atom. The molecular formula is C14H13N3O4. The van der Waals surface area contributed by atoms with Gasteiger partial charge < -0.3 is 10.0 Å². The molecule has 0 atom stereocenters. The molecule has 0 radical (unpaired) electrons. The number of carbonyl (C=O) groups is 1. The predicted molar refractivity (Wildman–Crippen MR) is 76.4 cm³/mol. The minimum Gasteiger partial charge on any atom is -0.477 e. The summed E-state index contributed by atoms with van der Waals surface area (Å²) in [5.41, 5.74) is 0.616. The number of nitro benzene ring substituents is 1. The van der Waals surface area contributed by atoms with Gasteiger partial charge in [-0.3, -0.25) is 15.1 Å². The van der Waals surface area contributed by atoms with Crippen LogP contribution in [0, 0.1) is 10.1 Å². The molecule has 0 aliphatic carbocycles. The molecule has 21 heavy (non-hydrogen) atoms. The Bertz CT molecular complexity index is 673. The van der Waals surface area contributed by atoms with Crippen LogP contribution in [-0.4, -0.2) is 28.0 Å². The van der Waals surface area contributed by atoms with Crippen LogP contribution in [0.25, 0.3) is 0 Å². The summed E-state index contributed by atoms with van der Waals surface area (Å²) in [5, 5.41) is 19.9. The first kappa shape index (κ1) is 14.4. The Balaban J connectivity index is 2.30. The van der Waals surface area contributed by atoms with Crippen molar-refractivity contribution in [2.45, 2.75) is 6.54 Å². The Hall–Kier alpha value is -2.96. The van der Waals surface area contributed by atoms with Crippen molar-refractivity contribution in [3.63, 3.8) is 0 Å². The number of rotatable bonds is 5. The number of anilines is 1. The zero-order valence-electron chi connectivity index (χ0n) is 11.3. The lowest BCUT2D eigenvalue weighted by Gasteiger charge is -2.18. The van der Waals surface area contributed by atoms with Crippen LogP contribution in [0.4, 0.5) is 11.4 Å². The second-order valence-corrected chi connectivity index (χ2v) is 4.44. The number of carboxylic acid groups (broad SMARTS) is 1. The number of nitro groups is 1. The molecule has 1 heterocycles. The number of carboxylic acids is 1. The van der Waals surface area contributed by atoms with Crippen molar-refractivity contribution >= 4 is 17.3 Å². The van der Waals surface area contributed by atoms with Crippen LogP contribution >= 0.6 is 0 Å². The Morgan fingerprint density at radius 2 is 2.14 bits per heavy atom. The summed E-state index contributed by atoms with van der Waals surface area (Å²) >= 11 is 0. The first-order valence-corrected chi connectivity index (χ1v) is 6.12. The highest BCUT2D eigenvalue weighted by atomic mass is 16.6. The number of nitrogens with zero attached hydrogens (tertiary/aromatic N) is 3. The van der Waals surface area contributed by atoms with Gasteiger partial charge in [0.1, 0.15) is 5.56 Å². The van der Waals surface area contributed by atoms with E-state index in [4.69, 9.17) is 5.11 Å². The van der Waals surface area contributed by atoms with Gasteiger partial charge in [-0.2, -0.15) is 0 Å². The smallest absolute Gasteiger partial charge is 0.342 e. The van der Waals surface area contributed by atoms with Gasteiger partial charge in [0.25, 0.3) is 5.69 Å². The molecule has 0 spiro atoms. The zero-order chi connectivity index (χ0) is 15.4. The van der Waals surface area contributed by atoms with Crippen molar-refractivity contribution in [2.75, 3.05) is 11.9 Å². The van der Waals surface area contributed by atoms with Crippen LogP contribution in [-0.2, 0) is 6.54 Å². The number of aromatic nitrogens is 1. The van der Waals surface area contributed by atoms with Crippen molar-refractivity contribution in [3.05, 3.63) is 64.0 Å². The molecule has 0 aliphatic rings. The molecule has 0 unspecified atom stereocenters. The molecule has 0 saturated heterocycles. The predicted octanol–water partition coefficient (Wildman–Crippen LogP) is 2.32. The lowest BCUT2D eigenvalue weighted by molar-refractivity contribution is -0.385. The van der Waals surface area contributed by atoms with E-state index in [9.17, 15) is 14.9 Å². The summed E-state index contributed by atoms with van der Waals surface area (Å²) < 4.78 is 0. The molecule has 0 aliphatic heterocycles. The highest BCUT2D eigenvalue weighted by Gasteiger charge is 2.21. The molecule has 1 aromatic heterocycles. The van der Waals surface area contributed by atoms with Crippen molar-refractivity contribution in [2.24, 2.45) is 0 Å². The molecule has 0 saturated carbocycles.